The van der Waals surface area contributed by atoms with Crippen molar-refractivity contribution in [3.8, 4) is 0 Å². The lowest BCUT2D eigenvalue weighted by Crippen LogP contribution is -2.09. The number of rotatable bonds is 4. The number of carbonyl (C=O) groups excluding carboxylic acids is 1. The third-order valence-electron chi connectivity index (χ3n) is 2.84. The quantitative estimate of drug-likeness (QED) is 0.561. The standard InChI is InChI=1S/C14H10Cl4N2O/c1-7(10-3-9(15)4-11(16)13(10)18)20-14-12(17)2-8(6-21)5-19-14/h2-7H,1H3,(H,19,20)/t7-/m0/s1. The second-order valence-electron chi connectivity index (χ2n) is 4.37. The summed E-state index contributed by atoms with van der Waals surface area (Å²) in [5.74, 6) is 0.446. The Morgan fingerprint density at radius 2 is 1.86 bits per heavy atom. The number of benzene rings is 1. The van der Waals surface area contributed by atoms with E-state index < -0.39 is 0 Å². The molecule has 0 bridgehead atoms. The third-order valence-corrected chi connectivity index (χ3v) is 4.16. The van der Waals surface area contributed by atoms with E-state index in [4.69, 9.17) is 46.4 Å². The Balaban J connectivity index is 2.30. The van der Waals surface area contributed by atoms with E-state index in [2.05, 4.69) is 10.3 Å². The monoisotopic (exact) mass is 362 g/mol. The number of nitrogens with zero attached hydrogens (tertiary/aromatic N) is 1. The molecule has 0 amide bonds. The van der Waals surface area contributed by atoms with Crippen molar-refractivity contribution in [2.45, 2.75) is 13.0 Å². The summed E-state index contributed by atoms with van der Waals surface area (Å²) in [6, 6.07) is 4.61. The maximum Gasteiger partial charge on any atom is 0.151 e. The zero-order valence-corrected chi connectivity index (χ0v) is 13.9. The summed E-state index contributed by atoms with van der Waals surface area (Å²) < 4.78 is 0. The molecule has 2 rings (SSSR count). The number of halogens is 4. The van der Waals surface area contributed by atoms with Crippen molar-refractivity contribution in [3.63, 3.8) is 0 Å². The van der Waals surface area contributed by atoms with E-state index in [1.165, 1.54) is 12.3 Å². The van der Waals surface area contributed by atoms with Gasteiger partial charge in [-0.3, -0.25) is 4.79 Å². The van der Waals surface area contributed by atoms with Crippen molar-refractivity contribution >= 4 is 58.5 Å². The number of pyridine rings is 1. The third kappa shape index (κ3) is 3.80. The van der Waals surface area contributed by atoms with E-state index in [1.54, 1.807) is 12.1 Å². The molecule has 21 heavy (non-hydrogen) atoms. The van der Waals surface area contributed by atoms with E-state index in [-0.39, 0.29) is 6.04 Å². The van der Waals surface area contributed by atoms with Crippen LogP contribution in [0.3, 0.4) is 0 Å². The lowest BCUT2D eigenvalue weighted by Gasteiger charge is -2.18. The molecular weight excluding hydrogens is 354 g/mol. The number of carbonyl (C=O) groups is 1. The predicted molar refractivity (Wildman–Crippen MR) is 88.1 cm³/mol. The molecule has 0 saturated heterocycles. The summed E-state index contributed by atoms with van der Waals surface area (Å²) in [5, 5.41) is 4.74. The van der Waals surface area contributed by atoms with Gasteiger partial charge in [-0.1, -0.05) is 46.4 Å². The van der Waals surface area contributed by atoms with Gasteiger partial charge in [-0.15, -0.1) is 0 Å². The molecule has 1 aromatic heterocycles. The highest BCUT2D eigenvalue weighted by Crippen LogP contribution is 2.35. The van der Waals surface area contributed by atoms with Crippen LogP contribution in [0.4, 0.5) is 5.82 Å². The molecule has 2 aromatic rings. The maximum atomic E-state index is 10.7. The largest absolute Gasteiger partial charge is 0.362 e. The van der Waals surface area contributed by atoms with Crippen LogP contribution in [-0.2, 0) is 0 Å². The normalized spacial score (nSPS) is 12.0. The van der Waals surface area contributed by atoms with Crippen molar-refractivity contribution in [2.75, 3.05) is 5.32 Å². The summed E-state index contributed by atoms with van der Waals surface area (Å²) >= 11 is 24.3. The summed E-state index contributed by atoms with van der Waals surface area (Å²) in [6.07, 6.45) is 2.11. The number of hydrogen-bond donors (Lipinski definition) is 1. The molecule has 0 spiro atoms. The van der Waals surface area contributed by atoms with Gasteiger partial charge < -0.3 is 5.32 Å². The molecule has 1 atom stereocenters. The van der Waals surface area contributed by atoms with Gasteiger partial charge in [-0.25, -0.2) is 4.98 Å². The summed E-state index contributed by atoms with van der Waals surface area (Å²) in [6.45, 7) is 1.87. The molecule has 0 saturated carbocycles. The van der Waals surface area contributed by atoms with Gasteiger partial charge in [0, 0.05) is 16.8 Å². The van der Waals surface area contributed by atoms with E-state index in [1.807, 2.05) is 6.92 Å². The lowest BCUT2D eigenvalue weighted by atomic mass is 10.1. The van der Waals surface area contributed by atoms with Crippen LogP contribution >= 0.6 is 46.4 Å². The number of nitrogens with one attached hydrogen (secondary N) is 1. The second-order valence-corrected chi connectivity index (χ2v) is 6.00. The number of anilines is 1. The van der Waals surface area contributed by atoms with Crippen LogP contribution in [0.1, 0.15) is 28.9 Å². The summed E-state index contributed by atoms with van der Waals surface area (Å²) in [7, 11) is 0. The minimum Gasteiger partial charge on any atom is -0.362 e. The zero-order valence-electron chi connectivity index (χ0n) is 10.8. The van der Waals surface area contributed by atoms with Crippen LogP contribution in [0, 0.1) is 0 Å². The van der Waals surface area contributed by atoms with Crippen LogP contribution in [0.5, 0.6) is 0 Å². The predicted octanol–water partition coefficient (Wildman–Crippen LogP) is 5.68. The molecule has 0 aliphatic heterocycles. The second kappa shape index (κ2) is 6.84. The first-order valence-corrected chi connectivity index (χ1v) is 7.45. The van der Waals surface area contributed by atoms with Crippen LogP contribution in [0.2, 0.25) is 20.1 Å². The Labute approximate surface area is 142 Å². The minimum atomic E-state index is -0.221. The van der Waals surface area contributed by atoms with Crippen molar-refractivity contribution in [1.29, 1.82) is 0 Å². The van der Waals surface area contributed by atoms with E-state index in [0.717, 1.165) is 5.56 Å². The SMILES string of the molecule is C[C@H](Nc1ncc(C=O)cc1Cl)c1cc(Cl)cc(Cl)c1Cl. The molecule has 0 aliphatic rings. The first kappa shape index (κ1) is 16.4. The zero-order chi connectivity index (χ0) is 15.6. The molecule has 0 aliphatic carbocycles. The van der Waals surface area contributed by atoms with Gasteiger partial charge in [0.05, 0.1) is 21.1 Å². The Kier molecular flexibility index (Phi) is 5.33. The Hall–Kier alpha value is -1.000. The fourth-order valence-electron chi connectivity index (χ4n) is 1.80. The fourth-order valence-corrected chi connectivity index (χ4v) is 2.81. The number of aldehydes is 1. The molecule has 0 fully saturated rings. The summed E-state index contributed by atoms with van der Waals surface area (Å²) in [4.78, 5) is 14.8. The summed E-state index contributed by atoms with van der Waals surface area (Å²) in [5.41, 5.74) is 1.13. The average molecular weight is 364 g/mol. The van der Waals surface area contributed by atoms with Gasteiger partial charge in [0.1, 0.15) is 5.82 Å². The molecule has 3 nitrogen and oxygen atoms in total. The maximum absolute atomic E-state index is 10.7. The molecule has 1 N–H and O–H groups in total. The smallest absolute Gasteiger partial charge is 0.151 e. The van der Waals surface area contributed by atoms with E-state index in [9.17, 15) is 4.79 Å². The lowest BCUT2D eigenvalue weighted by molar-refractivity contribution is 0.112. The highest BCUT2D eigenvalue weighted by atomic mass is 35.5. The molecule has 1 aromatic carbocycles. The molecule has 7 heteroatoms. The van der Waals surface area contributed by atoms with Gasteiger partial charge in [-0.2, -0.15) is 0 Å². The molecular formula is C14H10Cl4N2O. The Morgan fingerprint density at radius 1 is 1.14 bits per heavy atom. The van der Waals surface area contributed by atoms with Gasteiger partial charge in [0.15, 0.2) is 6.29 Å². The van der Waals surface area contributed by atoms with Crippen LogP contribution in [0.15, 0.2) is 24.4 Å². The first-order valence-electron chi connectivity index (χ1n) is 5.94. The number of aromatic nitrogens is 1. The van der Waals surface area contributed by atoms with Gasteiger partial charge >= 0.3 is 0 Å². The topological polar surface area (TPSA) is 42.0 Å². The molecule has 0 radical (unpaired) electrons. The Bertz CT molecular complexity index is 691. The first-order chi connectivity index (χ1) is 9.92. The van der Waals surface area contributed by atoms with E-state index >= 15 is 0 Å². The Morgan fingerprint density at radius 3 is 2.48 bits per heavy atom. The van der Waals surface area contributed by atoms with Gasteiger partial charge in [-0.05, 0) is 30.7 Å². The molecule has 0 unspecified atom stereocenters. The minimum absolute atomic E-state index is 0.221. The van der Waals surface area contributed by atoms with Crippen LogP contribution in [0.25, 0.3) is 0 Å². The highest BCUT2D eigenvalue weighted by molar-refractivity contribution is 6.43. The van der Waals surface area contributed by atoms with Crippen molar-refractivity contribution in [3.05, 3.63) is 55.6 Å². The average Bonchev–Trinajstić information content (AvgIpc) is 2.44. The molecule has 110 valence electrons. The molecule has 1 heterocycles. The van der Waals surface area contributed by atoms with Gasteiger partial charge in [0.25, 0.3) is 0 Å². The van der Waals surface area contributed by atoms with Crippen LogP contribution < -0.4 is 5.32 Å². The van der Waals surface area contributed by atoms with Crippen molar-refractivity contribution < 1.29 is 4.79 Å². The van der Waals surface area contributed by atoms with Crippen molar-refractivity contribution in [2.24, 2.45) is 0 Å². The fraction of sp³-hybridized carbons (Fsp3) is 0.143. The van der Waals surface area contributed by atoms with Crippen LogP contribution in [-0.4, -0.2) is 11.3 Å². The van der Waals surface area contributed by atoms with Crippen molar-refractivity contribution in [1.82, 2.24) is 4.98 Å². The highest BCUT2D eigenvalue weighted by Gasteiger charge is 2.15. The van der Waals surface area contributed by atoms with E-state index in [0.29, 0.717) is 37.8 Å². The van der Waals surface area contributed by atoms with Gasteiger partial charge in [0.2, 0.25) is 0 Å². The number of hydrogen-bond acceptors (Lipinski definition) is 3.